The van der Waals surface area contributed by atoms with Gasteiger partial charge in [0.15, 0.2) is 5.78 Å². The van der Waals surface area contributed by atoms with Crippen molar-refractivity contribution >= 4 is 45.1 Å². The van der Waals surface area contributed by atoms with E-state index in [9.17, 15) is 9.59 Å². The molecule has 0 bridgehead atoms. The normalized spacial score (nSPS) is 16.1. The van der Waals surface area contributed by atoms with Crippen LogP contribution in [0.1, 0.15) is 55.9 Å². The number of carbonyl (C=O) groups excluding carboxylic acids is 2. The third kappa shape index (κ3) is 3.59. The van der Waals surface area contributed by atoms with Crippen LogP contribution in [-0.4, -0.2) is 39.6 Å². The number of rotatable bonds is 5. The Morgan fingerprint density at radius 3 is 2.90 bits per heavy atom. The quantitative estimate of drug-likeness (QED) is 0.278. The second kappa shape index (κ2) is 7.91. The first-order chi connectivity index (χ1) is 13.9. The number of ketones is 1. The maximum Gasteiger partial charge on any atom is 0.339 e. The van der Waals surface area contributed by atoms with E-state index in [2.05, 4.69) is 21.9 Å². The summed E-state index contributed by atoms with van der Waals surface area (Å²) in [6.07, 6.45) is 4.90. The third-order valence-electron chi connectivity index (χ3n) is 5.50. The van der Waals surface area contributed by atoms with Crippen molar-refractivity contribution in [2.45, 2.75) is 45.1 Å². The molecule has 1 aliphatic carbocycles. The zero-order valence-electron chi connectivity index (χ0n) is 16.9. The van der Waals surface area contributed by atoms with Gasteiger partial charge in [-0.05, 0) is 50.2 Å². The van der Waals surface area contributed by atoms with Crippen molar-refractivity contribution in [1.82, 2.24) is 15.0 Å². The minimum Gasteiger partial charge on any atom is -0.465 e. The average molecular weight is 430 g/mol. The zero-order valence-corrected chi connectivity index (χ0v) is 18.6. The number of nitrogens with one attached hydrogen (secondary N) is 1. The van der Waals surface area contributed by atoms with Crippen LogP contribution in [0, 0.1) is 19.8 Å². The average Bonchev–Trinajstić information content (AvgIpc) is 3.21. The fraction of sp³-hybridized carbons (Fsp3) is 0.429. The fourth-order valence-electron chi connectivity index (χ4n) is 4.00. The molecule has 1 aliphatic rings. The number of aromatic nitrogens is 3. The van der Waals surface area contributed by atoms with E-state index in [1.807, 2.05) is 0 Å². The summed E-state index contributed by atoms with van der Waals surface area (Å²) in [5.41, 5.74) is 3.54. The molecule has 0 saturated carbocycles. The lowest BCUT2D eigenvalue weighted by molar-refractivity contribution is 0.0599. The maximum absolute atomic E-state index is 12.9. The zero-order chi connectivity index (χ0) is 20.7. The minimum atomic E-state index is -0.431. The van der Waals surface area contributed by atoms with Gasteiger partial charge in [0.25, 0.3) is 0 Å². The van der Waals surface area contributed by atoms with Gasteiger partial charge in [0, 0.05) is 16.0 Å². The lowest BCUT2D eigenvalue weighted by atomic mass is 9.89. The molecule has 0 unspecified atom stereocenters. The Kier molecular flexibility index (Phi) is 5.48. The first kappa shape index (κ1) is 20.1. The van der Waals surface area contributed by atoms with Crippen molar-refractivity contribution in [2.24, 2.45) is 5.92 Å². The molecule has 4 rings (SSSR count). The molecule has 0 aliphatic heterocycles. The maximum atomic E-state index is 12.9. The van der Waals surface area contributed by atoms with Crippen LogP contribution in [0.2, 0.25) is 0 Å². The van der Waals surface area contributed by atoms with Crippen molar-refractivity contribution in [3.05, 3.63) is 39.3 Å². The molecule has 0 aromatic carbocycles. The Labute approximate surface area is 177 Å². The highest BCUT2D eigenvalue weighted by molar-refractivity contribution is 8.00. The predicted molar refractivity (Wildman–Crippen MR) is 115 cm³/mol. The Bertz CT molecular complexity index is 1120. The molecule has 1 atom stereocenters. The van der Waals surface area contributed by atoms with Crippen molar-refractivity contribution in [1.29, 1.82) is 0 Å². The molecule has 3 aromatic rings. The number of aryl methyl sites for hydroxylation is 2. The van der Waals surface area contributed by atoms with Gasteiger partial charge in [0.1, 0.15) is 16.2 Å². The summed E-state index contributed by atoms with van der Waals surface area (Å²) >= 11 is 3.19. The largest absolute Gasteiger partial charge is 0.465 e. The Balaban J connectivity index is 1.59. The van der Waals surface area contributed by atoms with Crippen LogP contribution < -0.4 is 0 Å². The molecule has 0 spiro atoms. The van der Waals surface area contributed by atoms with Crippen molar-refractivity contribution in [3.63, 3.8) is 0 Å². The second-order valence-electron chi connectivity index (χ2n) is 7.54. The van der Waals surface area contributed by atoms with E-state index in [0.29, 0.717) is 28.4 Å². The number of hydrogen-bond donors (Lipinski definition) is 1. The van der Waals surface area contributed by atoms with Gasteiger partial charge in [0.05, 0.1) is 24.1 Å². The SMILES string of the molecule is COC(=O)c1c(C)[nH]c(C(=O)CSc2ncnc3sc4c(c23)CC[C@H](C)C4)c1C. The highest BCUT2D eigenvalue weighted by Crippen LogP contribution is 2.40. The summed E-state index contributed by atoms with van der Waals surface area (Å²) in [6, 6.07) is 0. The molecule has 0 amide bonds. The lowest BCUT2D eigenvalue weighted by Crippen LogP contribution is -2.09. The summed E-state index contributed by atoms with van der Waals surface area (Å²) in [5, 5.41) is 1.98. The van der Waals surface area contributed by atoms with Crippen LogP contribution >= 0.6 is 23.1 Å². The molecule has 0 fully saturated rings. The summed E-state index contributed by atoms with van der Waals surface area (Å²) in [5.74, 6) is 0.452. The Morgan fingerprint density at radius 2 is 2.14 bits per heavy atom. The molecular formula is C21H23N3O3S2. The van der Waals surface area contributed by atoms with E-state index in [4.69, 9.17) is 4.74 Å². The van der Waals surface area contributed by atoms with Crippen LogP contribution in [0.3, 0.4) is 0 Å². The first-order valence-corrected chi connectivity index (χ1v) is 11.4. The van der Waals surface area contributed by atoms with Gasteiger partial charge in [0.2, 0.25) is 0 Å². The molecule has 29 heavy (non-hydrogen) atoms. The van der Waals surface area contributed by atoms with Gasteiger partial charge in [-0.1, -0.05) is 18.7 Å². The number of H-pyrrole nitrogens is 1. The second-order valence-corrected chi connectivity index (χ2v) is 9.59. The highest BCUT2D eigenvalue weighted by atomic mass is 32.2. The number of ether oxygens (including phenoxy) is 1. The number of hydrogen-bond acceptors (Lipinski definition) is 7. The highest BCUT2D eigenvalue weighted by Gasteiger charge is 2.25. The van der Waals surface area contributed by atoms with Gasteiger partial charge < -0.3 is 9.72 Å². The summed E-state index contributed by atoms with van der Waals surface area (Å²) in [4.78, 5) is 39.3. The van der Waals surface area contributed by atoms with Crippen LogP contribution in [0.25, 0.3) is 10.2 Å². The molecule has 1 N–H and O–H groups in total. The first-order valence-electron chi connectivity index (χ1n) is 9.59. The van der Waals surface area contributed by atoms with Crippen LogP contribution in [0.5, 0.6) is 0 Å². The number of thiophene rings is 1. The Morgan fingerprint density at radius 1 is 1.34 bits per heavy atom. The standard InChI is InChI=1S/C21H23N3O3S2/c1-10-5-6-13-15(7-10)29-20-17(13)19(22-9-23-20)28-8-14(25)18-11(2)16(12(3)24-18)21(26)27-4/h9-10,24H,5-8H2,1-4H3/t10-/m0/s1. The molecular weight excluding hydrogens is 406 g/mol. The molecule has 0 radical (unpaired) electrons. The summed E-state index contributed by atoms with van der Waals surface area (Å²) < 4.78 is 4.83. The number of nitrogens with zero attached hydrogens (tertiary/aromatic N) is 2. The van der Waals surface area contributed by atoms with Crippen molar-refractivity contribution in [2.75, 3.05) is 12.9 Å². The van der Waals surface area contributed by atoms with E-state index in [0.717, 1.165) is 28.1 Å². The van der Waals surface area contributed by atoms with Crippen LogP contribution in [0.4, 0.5) is 0 Å². The minimum absolute atomic E-state index is 0.0600. The number of aromatic amines is 1. The molecule has 3 heterocycles. The molecule has 8 heteroatoms. The molecule has 3 aromatic heterocycles. The smallest absolute Gasteiger partial charge is 0.339 e. The molecule has 6 nitrogen and oxygen atoms in total. The van der Waals surface area contributed by atoms with Crippen molar-refractivity contribution in [3.8, 4) is 0 Å². The summed E-state index contributed by atoms with van der Waals surface area (Å²) in [6.45, 7) is 5.83. The Hall–Kier alpha value is -2.19. The van der Waals surface area contributed by atoms with Crippen LogP contribution in [0.15, 0.2) is 11.4 Å². The van der Waals surface area contributed by atoms with Gasteiger partial charge in [-0.2, -0.15) is 0 Å². The van der Waals surface area contributed by atoms with Gasteiger partial charge in [-0.25, -0.2) is 14.8 Å². The number of fused-ring (bicyclic) bond motifs is 3. The van der Waals surface area contributed by atoms with Crippen LogP contribution in [-0.2, 0) is 17.6 Å². The topological polar surface area (TPSA) is 84.9 Å². The predicted octanol–water partition coefficient (Wildman–Crippen LogP) is 4.52. The van der Waals surface area contributed by atoms with Crippen molar-refractivity contribution < 1.29 is 14.3 Å². The molecule has 0 saturated heterocycles. The van der Waals surface area contributed by atoms with E-state index >= 15 is 0 Å². The van der Waals surface area contributed by atoms with E-state index in [1.54, 1.807) is 31.5 Å². The number of carbonyl (C=O) groups is 2. The number of Topliss-reactive ketones (excluding diaryl/α,β-unsaturated/α-hetero) is 1. The van der Waals surface area contributed by atoms with E-state index < -0.39 is 5.97 Å². The van der Waals surface area contributed by atoms with Gasteiger partial charge in [-0.15, -0.1) is 11.3 Å². The van der Waals surface area contributed by atoms with E-state index in [1.165, 1.54) is 35.7 Å². The number of methoxy groups -OCH3 is 1. The lowest BCUT2D eigenvalue weighted by Gasteiger charge is -2.18. The van der Waals surface area contributed by atoms with Gasteiger partial charge in [-0.3, -0.25) is 4.79 Å². The van der Waals surface area contributed by atoms with Gasteiger partial charge >= 0.3 is 5.97 Å². The fourth-order valence-corrected chi connectivity index (χ4v) is 6.31. The number of esters is 1. The van der Waals surface area contributed by atoms with E-state index in [-0.39, 0.29) is 11.5 Å². The number of thioether (sulfide) groups is 1. The summed E-state index contributed by atoms with van der Waals surface area (Å²) in [7, 11) is 1.34. The molecule has 152 valence electrons. The monoisotopic (exact) mass is 429 g/mol. The third-order valence-corrected chi connectivity index (χ3v) is 7.65.